The lowest BCUT2D eigenvalue weighted by Crippen LogP contribution is -2.73. The van der Waals surface area contributed by atoms with E-state index in [-0.39, 0.29) is 23.2 Å². The van der Waals surface area contributed by atoms with E-state index in [4.69, 9.17) is 4.74 Å². The van der Waals surface area contributed by atoms with Crippen molar-refractivity contribution in [1.29, 1.82) is 0 Å². The number of carbonyl (C=O) groups excluding carboxylic acids is 2. The first-order chi connectivity index (χ1) is 16.9. The molecule has 2 aromatic rings. The molecule has 0 unspecified atom stereocenters. The molecule has 3 heterocycles. The normalized spacial score (nSPS) is 17.6. The Bertz CT molecular complexity index is 1200. The highest BCUT2D eigenvalue weighted by atomic mass is 19.4. The molecule has 0 bridgehead atoms. The van der Waals surface area contributed by atoms with Crippen LogP contribution in [0.4, 0.5) is 31.1 Å². The molecule has 1 aromatic carbocycles. The van der Waals surface area contributed by atoms with Gasteiger partial charge >= 0.3 is 18.4 Å². The van der Waals surface area contributed by atoms with Gasteiger partial charge in [-0.2, -0.15) is 26.3 Å². The number of hydrogen-bond donors (Lipinski definition) is 0. The summed E-state index contributed by atoms with van der Waals surface area (Å²) in [6, 6.07) is 1.08. The molecule has 1 aromatic heterocycles. The lowest BCUT2D eigenvalue weighted by atomic mass is 9.73. The molecule has 4 rings (SSSR count). The minimum atomic E-state index is -5.00. The Hall–Kier alpha value is -3.58. The molecule has 2 fully saturated rings. The van der Waals surface area contributed by atoms with Crippen LogP contribution in [0.15, 0.2) is 30.6 Å². The summed E-state index contributed by atoms with van der Waals surface area (Å²) in [5.74, 6) is -0.731. The monoisotopic (exact) mass is 531 g/mol. The number of hydrogen-bond acceptors (Lipinski definition) is 5. The van der Waals surface area contributed by atoms with Crippen molar-refractivity contribution >= 4 is 18.2 Å². The van der Waals surface area contributed by atoms with E-state index in [9.17, 15) is 35.9 Å². The Morgan fingerprint density at radius 3 is 1.97 bits per heavy atom. The maximum atomic E-state index is 13.1. The average molecular weight is 531 g/mol. The third-order valence-electron chi connectivity index (χ3n) is 5.79. The molecular weight excluding hydrogens is 508 g/mol. The van der Waals surface area contributed by atoms with Crippen molar-refractivity contribution in [1.82, 2.24) is 24.6 Å². The van der Waals surface area contributed by atoms with Gasteiger partial charge in [-0.15, -0.1) is 5.10 Å². The zero-order valence-corrected chi connectivity index (χ0v) is 20.0. The minimum Gasteiger partial charge on any atom is -0.444 e. The zero-order chi connectivity index (χ0) is 27.4. The van der Waals surface area contributed by atoms with E-state index in [2.05, 4.69) is 10.1 Å². The van der Waals surface area contributed by atoms with Crippen LogP contribution in [0.2, 0.25) is 0 Å². The number of aromatic nitrogens is 3. The first-order valence-electron chi connectivity index (χ1n) is 11.1. The van der Waals surface area contributed by atoms with Crippen molar-refractivity contribution in [2.75, 3.05) is 26.2 Å². The van der Waals surface area contributed by atoms with E-state index in [1.807, 2.05) is 0 Å². The maximum absolute atomic E-state index is 13.1. The summed E-state index contributed by atoms with van der Waals surface area (Å²) in [7, 11) is 0. The van der Waals surface area contributed by atoms with Gasteiger partial charge in [-0.25, -0.2) is 14.5 Å². The van der Waals surface area contributed by atoms with Crippen LogP contribution in [-0.2, 0) is 21.9 Å². The van der Waals surface area contributed by atoms with Crippen LogP contribution in [0.5, 0.6) is 0 Å². The van der Waals surface area contributed by atoms with E-state index >= 15 is 0 Å². The molecule has 0 atom stereocenters. The van der Waals surface area contributed by atoms with E-state index in [1.165, 1.54) is 12.3 Å². The first kappa shape index (κ1) is 26.5. The molecule has 37 heavy (non-hydrogen) atoms. The fourth-order valence-electron chi connectivity index (χ4n) is 4.15. The minimum absolute atomic E-state index is 0.0216. The smallest absolute Gasteiger partial charge is 0.416 e. The van der Waals surface area contributed by atoms with Crippen molar-refractivity contribution in [2.45, 2.75) is 38.7 Å². The molecule has 2 aliphatic heterocycles. The molecular formula is C23H23F6N5O3. The summed E-state index contributed by atoms with van der Waals surface area (Å²) in [6.07, 6.45) is -6.96. The Labute approximate surface area is 207 Å². The fourth-order valence-corrected chi connectivity index (χ4v) is 4.15. The lowest BCUT2D eigenvalue weighted by Gasteiger charge is -2.59. The number of amides is 2. The highest BCUT2D eigenvalue weighted by molar-refractivity contribution is 5.91. The summed E-state index contributed by atoms with van der Waals surface area (Å²) in [4.78, 5) is 31.4. The molecule has 2 amide bonds. The van der Waals surface area contributed by atoms with E-state index in [0.717, 1.165) is 11.0 Å². The lowest BCUT2D eigenvalue weighted by molar-refractivity contribution is -0.151. The summed E-state index contributed by atoms with van der Waals surface area (Å²) >= 11 is 0. The fraction of sp³-hybridized carbons (Fsp3) is 0.478. The second-order valence-corrected chi connectivity index (χ2v) is 10.2. The summed E-state index contributed by atoms with van der Waals surface area (Å²) in [5.41, 5.74) is -4.21. The summed E-state index contributed by atoms with van der Waals surface area (Å²) in [6.45, 7) is 7.12. The molecule has 2 saturated heterocycles. The molecule has 0 radical (unpaired) electrons. The average Bonchev–Trinajstić information content (AvgIpc) is 3.16. The third kappa shape index (κ3) is 5.88. The molecule has 14 heteroatoms. The molecule has 200 valence electrons. The van der Waals surface area contributed by atoms with Gasteiger partial charge in [-0.05, 0) is 39.0 Å². The van der Waals surface area contributed by atoms with Gasteiger partial charge in [-0.1, -0.05) is 0 Å². The molecule has 8 nitrogen and oxygen atoms in total. The quantitative estimate of drug-likeness (QED) is 0.430. The predicted molar refractivity (Wildman–Crippen MR) is 118 cm³/mol. The molecule has 2 aliphatic rings. The second-order valence-electron chi connectivity index (χ2n) is 10.2. The standard InChI is InChI=1S/C23H23F6N5O3/c1-20(2,3)37-19(36)33-11-21(12-33)9-32(10-21)17(35)4-5-34-13-30-18(31-34)14-6-15(22(24,25)26)8-16(7-14)23(27,28)29/h4-8,13H,9-12H2,1-3H3. The maximum Gasteiger partial charge on any atom is 0.416 e. The Balaban J connectivity index is 1.37. The van der Waals surface area contributed by atoms with Gasteiger partial charge in [0.15, 0.2) is 5.82 Å². The second kappa shape index (κ2) is 8.77. The Kier molecular flexibility index (Phi) is 6.28. The van der Waals surface area contributed by atoms with E-state index < -0.39 is 40.7 Å². The highest BCUT2D eigenvalue weighted by Crippen LogP contribution is 2.40. The molecule has 1 spiro atoms. The van der Waals surface area contributed by atoms with Crippen LogP contribution in [0.25, 0.3) is 17.6 Å². The predicted octanol–water partition coefficient (Wildman–Crippen LogP) is 4.53. The van der Waals surface area contributed by atoms with Gasteiger partial charge in [0.2, 0.25) is 5.91 Å². The van der Waals surface area contributed by atoms with E-state index in [1.54, 1.807) is 30.6 Å². The van der Waals surface area contributed by atoms with Gasteiger partial charge in [-0.3, -0.25) is 4.79 Å². The summed E-state index contributed by atoms with van der Waals surface area (Å²) < 4.78 is 84.9. The number of likely N-dealkylation sites (tertiary alicyclic amines) is 2. The zero-order valence-electron chi connectivity index (χ0n) is 20.0. The SMILES string of the molecule is CC(C)(C)OC(=O)N1CC2(CN(C(=O)C=Cn3cnc(-c4cc(C(F)(F)F)cc(C(F)(F)F)c4)n3)C2)C1. The van der Waals surface area contributed by atoms with E-state index in [0.29, 0.717) is 38.3 Å². The number of carbonyl (C=O) groups is 2. The van der Waals surface area contributed by atoms with Crippen molar-refractivity contribution in [3.8, 4) is 11.4 Å². The van der Waals surface area contributed by atoms with Crippen molar-refractivity contribution in [3.63, 3.8) is 0 Å². The van der Waals surface area contributed by atoms with Crippen molar-refractivity contribution in [2.24, 2.45) is 5.41 Å². The van der Waals surface area contributed by atoms with Crippen LogP contribution < -0.4 is 0 Å². The molecule has 0 saturated carbocycles. The van der Waals surface area contributed by atoms with Crippen LogP contribution in [0.3, 0.4) is 0 Å². The number of benzene rings is 1. The largest absolute Gasteiger partial charge is 0.444 e. The van der Waals surface area contributed by atoms with Gasteiger partial charge in [0, 0.05) is 49.4 Å². The first-order valence-corrected chi connectivity index (χ1v) is 11.1. The van der Waals surface area contributed by atoms with Crippen LogP contribution >= 0.6 is 0 Å². The number of rotatable bonds is 3. The molecule has 0 aliphatic carbocycles. The van der Waals surface area contributed by atoms with Gasteiger partial charge < -0.3 is 14.5 Å². The number of nitrogens with zero attached hydrogens (tertiary/aromatic N) is 5. The van der Waals surface area contributed by atoms with Crippen LogP contribution in [-0.4, -0.2) is 68.3 Å². The topological polar surface area (TPSA) is 80.6 Å². The van der Waals surface area contributed by atoms with Gasteiger partial charge in [0.05, 0.1) is 11.1 Å². The third-order valence-corrected chi connectivity index (χ3v) is 5.79. The number of halogens is 6. The highest BCUT2D eigenvalue weighted by Gasteiger charge is 2.55. The van der Waals surface area contributed by atoms with Gasteiger partial charge in [0.1, 0.15) is 11.9 Å². The summed E-state index contributed by atoms with van der Waals surface area (Å²) in [5, 5.41) is 3.87. The van der Waals surface area contributed by atoms with Crippen molar-refractivity contribution in [3.05, 3.63) is 41.7 Å². The Morgan fingerprint density at radius 1 is 0.919 bits per heavy atom. The van der Waals surface area contributed by atoms with Gasteiger partial charge in [0.25, 0.3) is 0 Å². The van der Waals surface area contributed by atoms with Crippen LogP contribution in [0.1, 0.15) is 31.9 Å². The number of alkyl halides is 6. The van der Waals surface area contributed by atoms with Crippen molar-refractivity contribution < 1.29 is 40.7 Å². The van der Waals surface area contributed by atoms with Crippen LogP contribution in [0, 0.1) is 5.41 Å². The number of ether oxygens (including phenoxy) is 1. The Morgan fingerprint density at radius 2 is 1.46 bits per heavy atom. The molecule has 0 N–H and O–H groups in total.